The van der Waals surface area contributed by atoms with E-state index in [9.17, 15) is 4.79 Å². The van der Waals surface area contributed by atoms with Crippen molar-refractivity contribution in [1.29, 1.82) is 0 Å². The highest BCUT2D eigenvalue weighted by Crippen LogP contribution is 2.33. The van der Waals surface area contributed by atoms with Gasteiger partial charge in [0.15, 0.2) is 0 Å². The van der Waals surface area contributed by atoms with E-state index in [1.54, 1.807) is 0 Å². The third-order valence-corrected chi connectivity index (χ3v) is 4.73. The molecule has 1 aliphatic heterocycles. The van der Waals surface area contributed by atoms with E-state index in [0.717, 1.165) is 25.7 Å². The van der Waals surface area contributed by atoms with Gasteiger partial charge >= 0.3 is 5.97 Å². The van der Waals surface area contributed by atoms with E-state index in [1.165, 1.54) is 19.3 Å². The molecule has 2 fully saturated rings. The number of likely N-dealkylation sites (tertiary alicyclic amines) is 1. The van der Waals surface area contributed by atoms with Crippen LogP contribution in [0, 0.1) is 5.92 Å². The van der Waals surface area contributed by atoms with Gasteiger partial charge in [0.1, 0.15) is 0 Å². The summed E-state index contributed by atoms with van der Waals surface area (Å²) in [5.41, 5.74) is 0. The Morgan fingerprint density at radius 3 is 2.00 bits per heavy atom. The van der Waals surface area contributed by atoms with E-state index >= 15 is 0 Å². The van der Waals surface area contributed by atoms with Gasteiger partial charge < -0.3 is 5.11 Å². The van der Waals surface area contributed by atoms with Gasteiger partial charge in [0.25, 0.3) is 0 Å². The van der Waals surface area contributed by atoms with Crippen LogP contribution in [0.15, 0.2) is 0 Å². The van der Waals surface area contributed by atoms with E-state index in [0.29, 0.717) is 18.1 Å². The lowest BCUT2D eigenvalue weighted by Gasteiger charge is -2.46. The molecule has 0 bridgehead atoms. The van der Waals surface area contributed by atoms with Gasteiger partial charge in [-0.05, 0) is 52.4 Å². The minimum atomic E-state index is -0.594. The standard InChI is InChI=1S/C14H25NO2/c1-10-4-3-5-11(2)15(10)13-8-6-12(7-9-13)14(16)17/h10-13H,3-9H2,1-2H3,(H,16,17). The van der Waals surface area contributed by atoms with Crippen LogP contribution in [0.25, 0.3) is 0 Å². The molecule has 2 rings (SSSR count). The smallest absolute Gasteiger partial charge is 0.306 e. The summed E-state index contributed by atoms with van der Waals surface area (Å²) in [5.74, 6) is -0.676. The minimum Gasteiger partial charge on any atom is -0.481 e. The van der Waals surface area contributed by atoms with Crippen LogP contribution in [-0.4, -0.2) is 34.1 Å². The monoisotopic (exact) mass is 239 g/mol. The number of aliphatic carboxylic acids is 1. The van der Waals surface area contributed by atoms with Crippen LogP contribution >= 0.6 is 0 Å². The van der Waals surface area contributed by atoms with Crippen molar-refractivity contribution in [2.75, 3.05) is 0 Å². The van der Waals surface area contributed by atoms with E-state index in [2.05, 4.69) is 18.7 Å². The maximum absolute atomic E-state index is 11.0. The van der Waals surface area contributed by atoms with Gasteiger partial charge in [0, 0.05) is 18.1 Å². The highest BCUT2D eigenvalue weighted by Gasteiger charge is 2.34. The molecule has 3 nitrogen and oxygen atoms in total. The first-order valence-corrected chi connectivity index (χ1v) is 7.10. The molecule has 0 aromatic rings. The van der Waals surface area contributed by atoms with Crippen molar-refractivity contribution in [2.45, 2.75) is 76.9 Å². The third kappa shape index (κ3) is 2.82. The van der Waals surface area contributed by atoms with Gasteiger partial charge in [-0.3, -0.25) is 9.69 Å². The molecule has 0 spiro atoms. The average Bonchev–Trinajstić information content (AvgIpc) is 2.29. The maximum Gasteiger partial charge on any atom is 0.306 e. The quantitative estimate of drug-likeness (QED) is 0.805. The van der Waals surface area contributed by atoms with E-state index in [-0.39, 0.29) is 5.92 Å². The molecule has 0 aromatic carbocycles. The molecule has 1 N–H and O–H groups in total. The highest BCUT2D eigenvalue weighted by molar-refractivity contribution is 5.70. The molecular formula is C14H25NO2. The molecule has 0 aromatic heterocycles. The Hall–Kier alpha value is -0.570. The number of hydrogen-bond donors (Lipinski definition) is 1. The second kappa shape index (κ2) is 5.38. The molecule has 17 heavy (non-hydrogen) atoms. The fourth-order valence-corrected chi connectivity index (χ4v) is 3.78. The maximum atomic E-state index is 11.0. The van der Waals surface area contributed by atoms with Crippen molar-refractivity contribution in [3.8, 4) is 0 Å². The fraction of sp³-hybridized carbons (Fsp3) is 0.929. The zero-order valence-electron chi connectivity index (χ0n) is 11.1. The number of nitrogens with zero attached hydrogens (tertiary/aromatic N) is 1. The molecule has 1 saturated carbocycles. The topological polar surface area (TPSA) is 40.5 Å². The number of piperidine rings is 1. The molecular weight excluding hydrogens is 214 g/mol. The van der Waals surface area contributed by atoms with Crippen molar-refractivity contribution < 1.29 is 9.90 Å². The molecule has 98 valence electrons. The molecule has 2 atom stereocenters. The SMILES string of the molecule is CC1CCCC(C)N1C1CCC(C(=O)O)CC1. The summed E-state index contributed by atoms with van der Waals surface area (Å²) < 4.78 is 0. The van der Waals surface area contributed by atoms with Crippen molar-refractivity contribution in [2.24, 2.45) is 5.92 Å². The normalized spacial score (nSPS) is 40.1. The average molecular weight is 239 g/mol. The van der Waals surface area contributed by atoms with Crippen molar-refractivity contribution in [3.63, 3.8) is 0 Å². The van der Waals surface area contributed by atoms with E-state index < -0.39 is 5.97 Å². The van der Waals surface area contributed by atoms with Gasteiger partial charge in [0.05, 0.1) is 5.92 Å². The van der Waals surface area contributed by atoms with Gasteiger partial charge in [-0.1, -0.05) is 6.42 Å². The second-order valence-corrected chi connectivity index (χ2v) is 5.92. The number of carboxylic acids is 1. The Balaban J connectivity index is 1.92. The number of rotatable bonds is 2. The van der Waals surface area contributed by atoms with Crippen LogP contribution < -0.4 is 0 Å². The second-order valence-electron chi connectivity index (χ2n) is 5.92. The van der Waals surface area contributed by atoms with Crippen molar-refractivity contribution in [3.05, 3.63) is 0 Å². The Morgan fingerprint density at radius 2 is 1.53 bits per heavy atom. The van der Waals surface area contributed by atoms with Gasteiger partial charge in [-0.15, -0.1) is 0 Å². The van der Waals surface area contributed by atoms with Crippen LogP contribution in [0.4, 0.5) is 0 Å². The minimum absolute atomic E-state index is 0.0818. The van der Waals surface area contributed by atoms with Crippen LogP contribution in [0.5, 0.6) is 0 Å². The first kappa shape index (κ1) is 12.9. The molecule has 1 saturated heterocycles. The van der Waals surface area contributed by atoms with Crippen molar-refractivity contribution >= 4 is 5.97 Å². The number of carbonyl (C=O) groups is 1. The first-order valence-electron chi connectivity index (χ1n) is 7.10. The van der Waals surface area contributed by atoms with E-state index in [1.807, 2.05) is 0 Å². The van der Waals surface area contributed by atoms with Crippen LogP contribution in [0.1, 0.15) is 58.8 Å². The zero-order valence-corrected chi connectivity index (χ0v) is 11.1. The fourth-order valence-electron chi connectivity index (χ4n) is 3.78. The molecule has 1 aliphatic carbocycles. The predicted molar refractivity (Wildman–Crippen MR) is 68.0 cm³/mol. The first-order chi connectivity index (χ1) is 8.09. The Labute approximate surface area is 104 Å². The summed E-state index contributed by atoms with van der Waals surface area (Å²) in [6.07, 6.45) is 7.86. The number of hydrogen-bond acceptors (Lipinski definition) is 2. The number of carboxylic acid groups (broad SMARTS) is 1. The van der Waals surface area contributed by atoms with Crippen molar-refractivity contribution in [1.82, 2.24) is 4.90 Å². The Kier molecular flexibility index (Phi) is 4.08. The lowest BCUT2D eigenvalue weighted by atomic mass is 9.83. The molecule has 2 aliphatic rings. The summed E-state index contributed by atoms with van der Waals surface area (Å²) in [6.45, 7) is 4.66. The highest BCUT2D eigenvalue weighted by atomic mass is 16.4. The summed E-state index contributed by atoms with van der Waals surface area (Å²) >= 11 is 0. The predicted octanol–water partition coefficient (Wildman–Crippen LogP) is 2.89. The van der Waals surface area contributed by atoms with Gasteiger partial charge in [-0.2, -0.15) is 0 Å². The summed E-state index contributed by atoms with van der Waals surface area (Å²) in [4.78, 5) is 13.6. The molecule has 0 radical (unpaired) electrons. The molecule has 1 heterocycles. The van der Waals surface area contributed by atoms with Crippen LogP contribution in [0.3, 0.4) is 0 Å². The lowest BCUT2D eigenvalue weighted by molar-refractivity contribution is -0.143. The largest absolute Gasteiger partial charge is 0.481 e. The molecule has 2 unspecified atom stereocenters. The molecule has 0 amide bonds. The molecule has 3 heteroatoms. The lowest BCUT2D eigenvalue weighted by Crippen LogP contribution is -2.51. The summed E-state index contributed by atoms with van der Waals surface area (Å²) in [6, 6.07) is 2.01. The zero-order chi connectivity index (χ0) is 12.4. The third-order valence-electron chi connectivity index (χ3n) is 4.73. The van der Waals surface area contributed by atoms with Gasteiger partial charge in [-0.25, -0.2) is 0 Å². The van der Waals surface area contributed by atoms with Crippen LogP contribution in [0.2, 0.25) is 0 Å². The Bertz CT molecular complexity index is 261. The summed E-state index contributed by atoms with van der Waals surface area (Å²) in [5, 5.41) is 9.03. The van der Waals surface area contributed by atoms with Gasteiger partial charge in [0.2, 0.25) is 0 Å². The Morgan fingerprint density at radius 1 is 1.00 bits per heavy atom. The summed E-state index contributed by atoms with van der Waals surface area (Å²) in [7, 11) is 0. The van der Waals surface area contributed by atoms with E-state index in [4.69, 9.17) is 5.11 Å². The van der Waals surface area contributed by atoms with Crippen LogP contribution in [-0.2, 0) is 4.79 Å².